The summed E-state index contributed by atoms with van der Waals surface area (Å²) >= 11 is 1.95. The molecule has 2 heteroatoms. The molecule has 1 aromatic heterocycles. The number of rotatable bonds is 3. The van der Waals surface area contributed by atoms with E-state index >= 15 is 0 Å². The molecule has 1 N–H and O–H groups in total. The highest BCUT2D eigenvalue weighted by molar-refractivity contribution is 7.10. The minimum absolute atomic E-state index is 0.656. The highest BCUT2D eigenvalue weighted by Gasteiger charge is 2.33. The van der Waals surface area contributed by atoms with Gasteiger partial charge in [0, 0.05) is 17.0 Å². The van der Waals surface area contributed by atoms with Gasteiger partial charge >= 0.3 is 0 Å². The second kappa shape index (κ2) is 4.74. The van der Waals surface area contributed by atoms with Crippen molar-refractivity contribution in [2.45, 2.75) is 58.0 Å². The number of aryl methyl sites for hydroxylation is 1. The van der Waals surface area contributed by atoms with E-state index in [0.29, 0.717) is 6.04 Å². The van der Waals surface area contributed by atoms with Crippen molar-refractivity contribution in [3.8, 4) is 0 Å². The zero-order valence-electron chi connectivity index (χ0n) is 10.9. The number of nitrogens with one attached hydrogen (secondary N) is 1. The Kier molecular flexibility index (Phi) is 3.27. The van der Waals surface area contributed by atoms with Crippen LogP contribution in [0.4, 0.5) is 0 Å². The van der Waals surface area contributed by atoms with Crippen LogP contribution in [0.3, 0.4) is 0 Å². The summed E-state index contributed by atoms with van der Waals surface area (Å²) in [4.78, 5) is 1.63. The fraction of sp³-hybridized carbons (Fsp3) is 0.733. The zero-order chi connectivity index (χ0) is 11.8. The molecule has 0 aromatic carbocycles. The van der Waals surface area contributed by atoms with E-state index in [1.165, 1.54) is 32.1 Å². The normalized spacial score (nSPS) is 32.3. The molecule has 2 aliphatic rings. The molecule has 17 heavy (non-hydrogen) atoms. The molecule has 1 aromatic rings. The maximum Gasteiger partial charge on any atom is 0.0333 e. The maximum atomic E-state index is 3.89. The van der Waals surface area contributed by atoms with Crippen molar-refractivity contribution < 1.29 is 0 Å². The summed E-state index contributed by atoms with van der Waals surface area (Å²) in [5.41, 5.74) is 1.61. The lowest BCUT2D eigenvalue weighted by Crippen LogP contribution is -2.45. The molecular weight excluding hydrogens is 226 g/mol. The number of thiophene rings is 1. The molecule has 0 aliphatic heterocycles. The Morgan fingerprint density at radius 1 is 1.35 bits per heavy atom. The minimum atomic E-state index is 0.656. The second-order valence-corrected chi connectivity index (χ2v) is 7.08. The Bertz CT molecular complexity index is 376. The monoisotopic (exact) mass is 249 g/mol. The van der Waals surface area contributed by atoms with Crippen LogP contribution in [-0.2, 0) is 6.42 Å². The van der Waals surface area contributed by atoms with Crippen LogP contribution < -0.4 is 5.32 Å². The van der Waals surface area contributed by atoms with Gasteiger partial charge in [-0.1, -0.05) is 13.8 Å². The molecular formula is C15H23NS. The van der Waals surface area contributed by atoms with E-state index in [1.807, 2.05) is 11.3 Å². The van der Waals surface area contributed by atoms with E-state index in [9.17, 15) is 0 Å². The Morgan fingerprint density at radius 3 is 2.94 bits per heavy atom. The summed E-state index contributed by atoms with van der Waals surface area (Å²) in [6.07, 6.45) is 6.81. The minimum Gasteiger partial charge on any atom is -0.307 e. The van der Waals surface area contributed by atoms with E-state index in [4.69, 9.17) is 0 Å². The van der Waals surface area contributed by atoms with Crippen LogP contribution in [0.25, 0.3) is 0 Å². The summed E-state index contributed by atoms with van der Waals surface area (Å²) < 4.78 is 0. The Morgan fingerprint density at radius 2 is 2.18 bits per heavy atom. The van der Waals surface area contributed by atoms with Crippen LogP contribution in [0.2, 0.25) is 0 Å². The van der Waals surface area contributed by atoms with Gasteiger partial charge in [0.15, 0.2) is 0 Å². The van der Waals surface area contributed by atoms with Gasteiger partial charge in [-0.3, -0.25) is 0 Å². The van der Waals surface area contributed by atoms with Gasteiger partial charge in [-0.15, -0.1) is 11.3 Å². The largest absolute Gasteiger partial charge is 0.307 e. The number of fused-ring (bicyclic) bond motifs is 1. The summed E-state index contributed by atoms with van der Waals surface area (Å²) in [6, 6.07) is 3.79. The third kappa shape index (κ3) is 2.30. The van der Waals surface area contributed by atoms with Crippen molar-refractivity contribution >= 4 is 11.3 Å². The molecule has 1 fully saturated rings. The molecule has 0 radical (unpaired) electrons. The first kappa shape index (κ1) is 11.7. The molecule has 0 bridgehead atoms. The van der Waals surface area contributed by atoms with Gasteiger partial charge in [0.05, 0.1) is 0 Å². The Labute approximate surface area is 109 Å². The average molecular weight is 249 g/mol. The maximum absolute atomic E-state index is 3.89. The zero-order valence-corrected chi connectivity index (χ0v) is 11.7. The highest BCUT2D eigenvalue weighted by Crippen LogP contribution is 2.38. The van der Waals surface area contributed by atoms with E-state index in [2.05, 4.69) is 30.6 Å². The van der Waals surface area contributed by atoms with Crippen LogP contribution >= 0.6 is 11.3 Å². The van der Waals surface area contributed by atoms with Crippen LogP contribution in [-0.4, -0.2) is 6.04 Å². The van der Waals surface area contributed by atoms with Gasteiger partial charge in [0.1, 0.15) is 0 Å². The molecule has 0 amide bonds. The Hall–Kier alpha value is -0.340. The number of hydrogen-bond acceptors (Lipinski definition) is 2. The first-order valence-corrected chi connectivity index (χ1v) is 7.94. The van der Waals surface area contributed by atoms with Crippen LogP contribution in [0.1, 0.15) is 56.0 Å². The van der Waals surface area contributed by atoms with Gasteiger partial charge in [-0.05, 0) is 60.9 Å². The topological polar surface area (TPSA) is 12.0 Å². The lowest BCUT2D eigenvalue weighted by molar-refractivity contribution is 0.154. The summed E-state index contributed by atoms with van der Waals surface area (Å²) in [6.45, 7) is 4.72. The van der Waals surface area contributed by atoms with Crippen molar-refractivity contribution in [1.82, 2.24) is 5.32 Å². The standard InChI is InChI=1S/C15H23NS/c1-10(2)11-8-12(9-11)16-14-4-3-5-15-13(14)6-7-17-15/h6-7,10-12,14,16H,3-5,8-9H2,1-2H3. The lowest BCUT2D eigenvalue weighted by atomic mass is 9.73. The summed E-state index contributed by atoms with van der Waals surface area (Å²) in [5, 5.41) is 6.16. The highest BCUT2D eigenvalue weighted by atomic mass is 32.1. The van der Waals surface area contributed by atoms with E-state index in [-0.39, 0.29) is 0 Å². The molecule has 0 saturated heterocycles. The predicted octanol–water partition coefficient (Wildman–Crippen LogP) is 4.15. The van der Waals surface area contributed by atoms with Crippen molar-refractivity contribution in [2.75, 3.05) is 0 Å². The third-order valence-corrected chi connectivity index (χ3v) is 5.60. The van der Waals surface area contributed by atoms with E-state index in [1.54, 1.807) is 10.4 Å². The van der Waals surface area contributed by atoms with Crippen LogP contribution in [0.15, 0.2) is 11.4 Å². The van der Waals surface area contributed by atoms with Crippen LogP contribution in [0, 0.1) is 11.8 Å². The van der Waals surface area contributed by atoms with Gasteiger partial charge in [-0.2, -0.15) is 0 Å². The van der Waals surface area contributed by atoms with Gasteiger partial charge in [-0.25, -0.2) is 0 Å². The molecule has 1 saturated carbocycles. The predicted molar refractivity (Wildman–Crippen MR) is 74.5 cm³/mol. The molecule has 1 nitrogen and oxygen atoms in total. The van der Waals surface area contributed by atoms with Gasteiger partial charge in [0.25, 0.3) is 0 Å². The summed E-state index contributed by atoms with van der Waals surface area (Å²) in [7, 11) is 0. The molecule has 3 rings (SSSR count). The first-order valence-electron chi connectivity index (χ1n) is 7.06. The lowest BCUT2D eigenvalue weighted by Gasteiger charge is -2.41. The first-order chi connectivity index (χ1) is 8.24. The Balaban J connectivity index is 1.58. The fourth-order valence-corrected chi connectivity index (χ4v) is 4.27. The van der Waals surface area contributed by atoms with Crippen molar-refractivity contribution in [2.24, 2.45) is 11.8 Å². The SMILES string of the molecule is CC(C)C1CC(NC2CCCc3sccc32)C1. The van der Waals surface area contributed by atoms with E-state index in [0.717, 1.165) is 17.9 Å². The molecule has 2 aliphatic carbocycles. The van der Waals surface area contributed by atoms with Crippen LogP contribution in [0.5, 0.6) is 0 Å². The molecule has 1 atom stereocenters. The average Bonchev–Trinajstić information content (AvgIpc) is 2.70. The van der Waals surface area contributed by atoms with E-state index < -0.39 is 0 Å². The smallest absolute Gasteiger partial charge is 0.0333 e. The van der Waals surface area contributed by atoms with Crippen molar-refractivity contribution in [3.63, 3.8) is 0 Å². The van der Waals surface area contributed by atoms with Gasteiger partial charge in [0.2, 0.25) is 0 Å². The molecule has 0 spiro atoms. The fourth-order valence-electron chi connectivity index (χ4n) is 3.29. The van der Waals surface area contributed by atoms with Crippen molar-refractivity contribution in [1.29, 1.82) is 0 Å². The molecule has 1 heterocycles. The second-order valence-electron chi connectivity index (χ2n) is 6.08. The molecule has 1 unspecified atom stereocenters. The van der Waals surface area contributed by atoms with Gasteiger partial charge < -0.3 is 5.32 Å². The molecule has 94 valence electrons. The quantitative estimate of drug-likeness (QED) is 0.848. The van der Waals surface area contributed by atoms with Crippen molar-refractivity contribution in [3.05, 3.63) is 21.9 Å². The third-order valence-electron chi connectivity index (χ3n) is 4.61. The summed E-state index contributed by atoms with van der Waals surface area (Å²) in [5.74, 6) is 1.84. The number of hydrogen-bond donors (Lipinski definition) is 1.